The van der Waals surface area contributed by atoms with Crippen LogP contribution in [0.25, 0.3) is 11.3 Å². The summed E-state index contributed by atoms with van der Waals surface area (Å²) in [5, 5.41) is 5.46. The molecule has 42 heavy (non-hydrogen) atoms. The van der Waals surface area contributed by atoms with Gasteiger partial charge in [0.2, 0.25) is 11.8 Å². The number of aromatic nitrogens is 1. The number of carbonyl (C=O) groups excluding carboxylic acids is 4. The molecule has 9 nitrogen and oxygen atoms in total. The van der Waals surface area contributed by atoms with Crippen molar-refractivity contribution < 1.29 is 19.2 Å². The fraction of sp³-hybridized carbons (Fsp3) is 0.219. The molecule has 3 aromatic carbocycles. The number of nitrogens with one attached hydrogen (secondary N) is 1. The van der Waals surface area contributed by atoms with Crippen molar-refractivity contribution >= 4 is 51.9 Å². The quantitative estimate of drug-likeness (QED) is 0.284. The van der Waals surface area contributed by atoms with Gasteiger partial charge in [-0.15, -0.1) is 11.3 Å². The van der Waals surface area contributed by atoms with Crippen molar-refractivity contribution in [2.75, 3.05) is 35.8 Å². The van der Waals surface area contributed by atoms with Crippen LogP contribution < -0.4 is 15.1 Å². The summed E-state index contributed by atoms with van der Waals surface area (Å²) in [6.07, 6.45) is 0. The minimum absolute atomic E-state index is 0.0357. The Hall–Kier alpha value is -4.83. The molecule has 0 aliphatic carbocycles. The van der Waals surface area contributed by atoms with Crippen LogP contribution in [0.4, 0.5) is 17.1 Å². The molecular formula is C32H31N5O4S. The van der Waals surface area contributed by atoms with Gasteiger partial charge in [-0.2, -0.15) is 0 Å². The Balaban J connectivity index is 1.43. The lowest BCUT2D eigenvalue weighted by Gasteiger charge is -2.37. The van der Waals surface area contributed by atoms with E-state index < -0.39 is 35.6 Å². The lowest BCUT2D eigenvalue weighted by atomic mass is 10.0. The van der Waals surface area contributed by atoms with Crippen molar-refractivity contribution in [1.29, 1.82) is 0 Å². The number of ketones is 1. The predicted molar refractivity (Wildman–Crippen MR) is 165 cm³/mol. The third-order valence-corrected chi connectivity index (χ3v) is 8.09. The van der Waals surface area contributed by atoms with Crippen LogP contribution in [0.5, 0.6) is 0 Å². The second-order valence-electron chi connectivity index (χ2n) is 10.7. The Labute approximate surface area is 248 Å². The maximum atomic E-state index is 14.0. The molecule has 0 bridgehead atoms. The van der Waals surface area contributed by atoms with Gasteiger partial charge >= 0.3 is 0 Å². The molecule has 0 atom stereocenters. The van der Waals surface area contributed by atoms with Gasteiger partial charge in [0, 0.05) is 36.4 Å². The maximum Gasteiger partial charge on any atom is 0.299 e. The van der Waals surface area contributed by atoms with Crippen LogP contribution in [0, 0.1) is 0 Å². The van der Waals surface area contributed by atoms with E-state index in [1.165, 1.54) is 21.1 Å². The number of benzene rings is 3. The van der Waals surface area contributed by atoms with E-state index in [9.17, 15) is 19.2 Å². The highest BCUT2D eigenvalue weighted by molar-refractivity contribution is 7.09. The Morgan fingerprint density at radius 1 is 0.929 bits per heavy atom. The van der Waals surface area contributed by atoms with Gasteiger partial charge in [-0.25, -0.2) is 4.98 Å². The van der Waals surface area contributed by atoms with Gasteiger partial charge in [0.25, 0.3) is 11.7 Å². The monoisotopic (exact) mass is 581 g/mol. The Kier molecular flexibility index (Phi) is 7.91. The van der Waals surface area contributed by atoms with Crippen molar-refractivity contribution in [2.45, 2.75) is 25.9 Å². The van der Waals surface area contributed by atoms with Crippen LogP contribution in [0.2, 0.25) is 0 Å². The standard InChI is InChI=1S/C32H31N5O4S/c1-32(2,31(41)33-22-14-16-23(17-15-22)35(3)4)37(18-27-34-25(20-42-27)21-10-6-5-7-11-21)28(38)19-36-26-13-9-8-12-24(26)29(39)30(36)40/h5-17,20H,18-19H2,1-4H3,(H,33,41). The normalized spacial score (nSPS) is 12.7. The molecule has 0 fully saturated rings. The number of hydrogen-bond donors (Lipinski definition) is 1. The minimum atomic E-state index is -1.35. The molecule has 0 spiro atoms. The lowest BCUT2D eigenvalue weighted by molar-refractivity contribution is -0.143. The van der Waals surface area contributed by atoms with E-state index in [0.717, 1.165) is 16.9 Å². The van der Waals surface area contributed by atoms with Gasteiger partial charge in [0.15, 0.2) is 0 Å². The first-order chi connectivity index (χ1) is 20.1. The van der Waals surface area contributed by atoms with Crippen LogP contribution in [0.1, 0.15) is 29.2 Å². The molecule has 1 N–H and O–H groups in total. The van der Waals surface area contributed by atoms with Crippen molar-refractivity contribution in [2.24, 2.45) is 0 Å². The summed E-state index contributed by atoms with van der Waals surface area (Å²) in [4.78, 5) is 62.4. The summed E-state index contributed by atoms with van der Waals surface area (Å²) in [6, 6.07) is 23.6. The molecular weight excluding hydrogens is 550 g/mol. The number of thiazole rings is 1. The van der Waals surface area contributed by atoms with Crippen molar-refractivity contribution in [3.63, 3.8) is 0 Å². The second kappa shape index (κ2) is 11.6. The van der Waals surface area contributed by atoms with Crippen molar-refractivity contribution in [3.8, 4) is 11.3 Å². The summed E-state index contributed by atoms with van der Waals surface area (Å²) in [7, 11) is 3.86. The molecule has 0 unspecified atom stereocenters. The Morgan fingerprint density at radius 3 is 2.29 bits per heavy atom. The molecule has 0 saturated carbocycles. The first kappa shape index (κ1) is 28.7. The van der Waals surface area contributed by atoms with E-state index >= 15 is 0 Å². The zero-order valence-electron chi connectivity index (χ0n) is 23.8. The van der Waals surface area contributed by atoms with Crippen LogP contribution in [-0.4, -0.2) is 59.6 Å². The minimum Gasteiger partial charge on any atom is -0.378 e. The maximum absolute atomic E-state index is 14.0. The highest BCUT2D eigenvalue weighted by Gasteiger charge is 2.42. The molecule has 1 aromatic heterocycles. The molecule has 1 aliphatic rings. The van der Waals surface area contributed by atoms with Gasteiger partial charge in [-0.3, -0.25) is 24.1 Å². The summed E-state index contributed by atoms with van der Waals surface area (Å²) in [5.41, 5.74) is 2.56. The fourth-order valence-corrected chi connectivity index (χ4v) is 5.52. The molecule has 4 aromatic rings. The van der Waals surface area contributed by atoms with E-state index in [0.29, 0.717) is 16.4 Å². The molecule has 1 aliphatic heterocycles. The number of hydrogen-bond acceptors (Lipinski definition) is 7. The Morgan fingerprint density at radius 2 is 1.60 bits per heavy atom. The topological polar surface area (TPSA) is 103 Å². The number of rotatable bonds is 9. The molecule has 0 saturated heterocycles. The summed E-state index contributed by atoms with van der Waals surface area (Å²) < 4.78 is 0. The highest BCUT2D eigenvalue weighted by Crippen LogP contribution is 2.30. The van der Waals surface area contributed by atoms with Crippen LogP contribution >= 0.6 is 11.3 Å². The molecule has 214 valence electrons. The van der Waals surface area contributed by atoms with Gasteiger partial charge < -0.3 is 15.1 Å². The predicted octanol–water partition coefficient (Wildman–Crippen LogP) is 4.85. The number of amides is 3. The number of fused-ring (bicyclic) bond motifs is 1. The van der Waals surface area contributed by atoms with Gasteiger partial charge in [0.1, 0.15) is 17.1 Å². The van der Waals surface area contributed by atoms with Gasteiger partial charge in [-0.1, -0.05) is 42.5 Å². The number of nitrogens with zero attached hydrogens (tertiary/aromatic N) is 4. The van der Waals surface area contributed by atoms with E-state index in [1.807, 2.05) is 66.8 Å². The van der Waals surface area contributed by atoms with Gasteiger partial charge in [0.05, 0.1) is 23.5 Å². The van der Waals surface area contributed by atoms with Crippen molar-refractivity contribution in [3.05, 3.63) is 94.8 Å². The number of carbonyl (C=O) groups is 4. The fourth-order valence-electron chi connectivity index (χ4n) is 4.73. The first-order valence-corrected chi connectivity index (χ1v) is 14.3. The summed E-state index contributed by atoms with van der Waals surface area (Å²) >= 11 is 1.38. The molecule has 0 radical (unpaired) electrons. The average Bonchev–Trinajstić information content (AvgIpc) is 3.55. The third-order valence-electron chi connectivity index (χ3n) is 7.26. The van der Waals surface area contributed by atoms with E-state index in [4.69, 9.17) is 4.98 Å². The highest BCUT2D eigenvalue weighted by atomic mass is 32.1. The SMILES string of the molecule is CN(C)c1ccc(NC(=O)C(C)(C)N(Cc2nc(-c3ccccc3)cs2)C(=O)CN2C(=O)C(=O)c3ccccc32)cc1. The summed E-state index contributed by atoms with van der Waals surface area (Å²) in [5.74, 6) is -2.33. The van der Waals surface area contributed by atoms with E-state index in [-0.39, 0.29) is 12.1 Å². The summed E-state index contributed by atoms with van der Waals surface area (Å²) in [6.45, 7) is 2.96. The lowest BCUT2D eigenvalue weighted by Crippen LogP contribution is -2.57. The van der Waals surface area contributed by atoms with E-state index in [2.05, 4.69) is 5.32 Å². The van der Waals surface area contributed by atoms with Gasteiger partial charge in [-0.05, 0) is 50.2 Å². The first-order valence-electron chi connectivity index (χ1n) is 13.4. The Bertz CT molecular complexity index is 1650. The third kappa shape index (κ3) is 5.66. The van der Waals surface area contributed by atoms with E-state index in [1.54, 1.807) is 50.2 Å². The molecule has 10 heteroatoms. The van der Waals surface area contributed by atoms with Crippen LogP contribution in [0.15, 0.2) is 84.2 Å². The van der Waals surface area contributed by atoms with Crippen LogP contribution in [-0.2, 0) is 20.9 Å². The zero-order chi connectivity index (χ0) is 30.0. The van der Waals surface area contributed by atoms with Crippen molar-refractivity contribution in [1.82, 2.24) is 9.88 Å². The number of para-hydroxylation sites is 1. The average molecular weight is 582 g/mol. The van der Waals surface area contributed by atoms with Crippen LogP contribution in [0.3, 0.4) is 0 Å². The molecule has 3 amide bonds. The molecule has 5 rings (SSSR count). The second-order valence-corrected chi connectivity index (χ2v) is 11.6. The number of Topliss-reactive ketones (excluding diaryl/α,β-unsaturated/α-hetero) is 1. The number of anilines is 3. The zero-order valence-corrected chi connectivity index (χ0v) is 24.6. The molecule has 2 heterocycles. The smallest absolute Gasteiger partial charge is 0.299 e. The largest absolute Gasteiger partial charge is 0.378 e.